The fourth-order valence-electron chi connectivity index (χ4n) is 2.55. The Morgan fingerprint density at radius 3 is 2.16 bits per heavy atom. The van der Waals surface area contributed by atoms with Crippen molar-refractivity contribution in [3.63, 3.8) is 0 Å². The van der Waals surface area contributed by atoms with Crippen LogP contribution in [0.5, 0.6) is 0 Å². The molecule has 1 aliphatic carbocycles. The molecule has 1 atom stereocenters. The van der Waals surface area contributed by atoms with E-state index in [1.165, 1.54) is 0 Å². The van der Waals surface area contributed by atoms with Crippen molar-refractivity contribution in [2.24, 2.45) is 17.1 Å². The predicted molar refractivity (Wildman–Crippen MR) is 73.6 cm³/mol. The summed E-state index contributed by atoms with van der Waals surface area (Å²) in [6.45, 7) is 3.95. The zero-order chi connectivity index (χ0) is 14.5. The molecule has 0 aromatic rings. The van der Waals surface area contributed by atoms with Gasteiger partial charge in [-0.15, -0.1) is 0 Å². The molecule has 1 aliphatic rings. The summed E-state index contributed by atoms with van der Waals surface area (Å²) in [5, 5.41) is 12.2. The van der Waals surface area contributed by atoms with Gasteiger partial charge in [0.15, 0.2) is 0 Å². The number of aliphatic carboxylic acids is 1. The SMILES string of the molecule is CC(C)[C@@H](N)C(=O)NCC1(C(=O)O)CCCCCC1. The molecule has 110 valence electrons. The van der Waals surface area contributed by atoms with Crippen LogP contribution in [0.2, 0.25) is 0 Å². The van der Waals surface area contributed by atoms with Gasteiger partial charge in [0, 0.05) is 6.54 Å². The second-order valence-corrected chi connectivity index (χ2v) is 5.99. The first kappa shape index (κ1) is 16.0. The lowest BCUT2D eigenvalue weighted by Gasteiger charge is -2.29. The molecule has 0 unspecified atom stereocenters. The highest BCUT2D eigenvalue weighted by molar-refractivity contribution is 5.83. The number of carboxylic acids is 1. The van der Waals surface area contributed by atoms with Crippen molar-refractivity contribution in [1.82, 2.24) is 5.32 Å². The van der Waals surface area contributed by atoms with Gasteiger partial charge in [-0.2, -0.15) is 0 Å². The molecular weight excluding hydrogens is 244 g/mol. The lowest BCUT2D eigenvalue weighted by Crippen LogP contribution is -2.49. The largest absolute Gasteiger partial charge is 0.481 e. The minimum absolute atomic E-state index is 0.0508. The molecule has 1 rings (SSSR count). The van der Waals surface area contributed by atoms with E-state index in [-0.39, 0.29) is 18.4 Å². The Morgan fingerprint density at radius 1 is 1.21 bits per heavy atom. The maximum absolute atomic E-state index is 11.8. The molecule has 0 saturated heterocycles. The molecule has 1 saturated carbocycles. The fourth-order valence-corrected chi connectivity index (χ4v) is 2.55. The maximum Gasteiger partial charge on any atom is 0.311 e. The van der Waals surface area contributed by atoms with Gasteiger partial charge in [0.2, 0.25) is 5.91 Å². The molecule has 0 aliphatic heterocycles. The lowest BCUT2D eigenvalue weighted by molar-refractivity contribution is -0.149. The summed E-state index contributed by atoms with van der Waals surface area (Å²) >= 11 is 0. The minimum atomic E-state index is -0.803. The van der Waals surface area contributed by atoms with Crippen molar-refractivity contribution in [2.45, 2.75) is 58.4 Å². The van der Waals surface area contributed by atoms with Crippen molar-refractivity contribution in [1.29, 1.82) is 0 Å². The number of hydrogen-bond donors (Lipinski definition) is 3. The van der Waals surface area contributed by atoms with E-state index >= 15 is 0 Å². The molecular formula is C14H26N2O3. The van der Waals surface area contributed by atoms with Crippen molar-refractivity contribution in [3.8, 4) is 0 Å². The second kappa shape index (κ2) is 6.89. The third-order valence-electron chi connectivity index (χ3n) is 4.14. The molecule has 19 heavy (non-hydrogen) atoms. The van der Waals surface area contributed by atoms with Crippen LogP contribution >= 0.6 is 0 Å². The summed E-state index contributed by atoms with van der Waals surface area (Å²) < 4.78 is 0. The zero-order valence-electron chi connectivity index (χ0n) is 11.9. The molecule has 0 bridgehead atoms. The number of nitrogens with one attached hydrogen (secondary N) is 1. The molecule has 0 aromatic carbocycles. The summed E-state index contributed by atoms with van der Waals surface area (Å²) in [5.74, 6) is -0.998. The summed E-state index contributed by atoms with van der Waals surface area (Å²) in [7, 11) is 0. The molecule has 1 fully saturated rings. The van der Waals surface area contributed by atoms with E-state index in [4.69, 9.17) is 5.73 Å². The Hall–Kier alpha value is -1.10. The summed E-state index contributed by atoms with van der Waals surface area (Å²) in [6, 6.07) is -0.573. The predicted octanol–water partition coefficient (Wildman–Crippen LogP) is 1.51. The van der Waals surface area contributed by atoms with Gasteiger partial charge in [-0.25, -0.2) is 0 Å². The van der Waals surface area contributed by atoms with Crippen LogP contribution in [0, 0.1) is 11.3 Å². The molecule has 0 heterocycles. The summed E-state index contributed by atoms with van der Waals surface area (Å²) in [6.07, 6.45) is 5.26. The van der Waals surface area contributed by atoms with Crippen LogP contribution in [-0.2, 0) is 9.59 Å². The van der Waals surface area contributed by atoms with Crippen LogP contribution in [0.3, 0.4) is 0 Å². The average Bonchev–Trinajstić information content (AvgIpc) is 2.61. The standard InChI is InChI=1S/C14H26N2O3/c1-10(2)11(15)12(17)16-9-14(13(18)19)7-5-3-4-6-8-14/h10-11H,3-9,15H2,1-2H3,(H,16,17)(H,18,19)/t11-/m1/s1. The van der Waals surface area contributed by atoms with Gasteiger partial charge in [-0.05, 0) is 18.8 Å². The highest BCUT2D eigenvalue weighted by Crippen LogP contribution is 2.34. The third-order valence-corrected chi connectivity index (χ3v) is 4.14. The summed E-state index contributed by atoms with van der Waals surface area (Å²) in [5.41, 5.74) is 4.96. The van der Waals surface area contributed by atoms with E-state index in [9.17, 15) is 14.7 Å². The first-order chi connectivity index (χ1) is 8.89. The highest BCUT2D eigenvalue weighted by Gasteiger charge is 2.39. The van der Waals surface area contributed by atoms with E-state index < -0.39 is 17.4 Å². The van der Waals surface area contributed by atoms with Crippen LogP contribution in [0.15, 0.2) is 0 Å². The molecule has 5 nitrogen and oxygen atoms in total. The number of carbonyl (C=O) groups is 2. The quantitative estimate of drug-likeness (QED) is 0.660. The van der Waals surface area contributed by atoms with Gasteiger partial charge < -0.3 is 16.2 Å². The fraction of sp³-hybridized carbons (Fsp3) is 0.857. The average molecular weight is 270 g/mol. The van der Waals surface area contributed by atoms with E-state index in [0.29, 0.717) is 12.8 Å². The molecule has 1 amide bonds. The summed E-state index contributed by atoms with van der Waals surface area (Å²) in [4.78, 5) is 23.4. The molecule has 0 radical (unpaired) electrons. The molecule has 0 aromatic heterocycles. The smallest absolute Gasteiger partial charge is 0.311 e. The van der Waals surface area contributed by atoms with Crippen molar-refractivity contribution in [3.05, 3.63) is 0 Å². The number of carbonyl (C=O) groups excluding carboxylic acids is 1. The highest BCUT2D eigenvalue weighted by atomic mass is 16.4. The van der Waals surface area contributed by atoms with Gasteiger partial charge in [0.25, 0.3) is 0 Å². The Morgan fingerprint density at radius 2 is 1.74 bits per heavy atom. The monoisotopic (exact) mass is 270 g/mol. The van der Waals surface area contributed by atoms with Gasteiger partial charge in [0.05, 0.1) is 11.5 Å². The van der Waals surface area contributed by atoms with Crippen molar-refractivity contribution >= 4 is 11.9 Å². The molecule has 0 spiro atoms. The van der Waals surface area contributed by atoms with Gasteiger partial charge in [0.1, 0.15) is 0 Å². The van der Waals surface area contributed by atoms with Gasteiger partial charge >= 0.3 is 5.97 Å². The lowest BCUT2D eigenvalue weighted by atomic mass is 9.80. The number of rotatable bonds is 5. The number of hydrogen-bond acceptors (Lipinski definition) is 3. The minimum Gasteiger partial charge on any atom is -0.481 e. The van der Waals surface area contributed by atoms with E-state index in [0.717, 1.165) is 25.7 Å². The first-order valence-electron chi connectivity index (χ1n) is 7.16. The molecule has 4 N–H and O–H groups in total. The van der Waals surface area contributed by atoms with E-state index in [1.807, 2.05) is 13.8 Å². The maximum atomic E-state index is 11.8. The van der Waals surface area contributed by atoms with Gasteiger partial charge in [-0.1, -0.05) is 39.5 Å². The number of carboxylic acid groups (broad SMARTS) is 1. The van der Waals surface area contributed by atoms with Crippen molar-refractivity contribution in [2.75, 3.05) is 6.54 Å². The Kier molecular flexibility index (Phi) is 5.79. The van der Waals surface area contributed by atoms with E-state index in [1.54, 1.807) is 0 Å². The van der Waals surface area contributed by atoms with Crippen LogP contribution in [0.25, 0.3) is 0 Å². The zero-order valence-corrected chi connectivity index (χ0v) is 11.9. The second-order valence-electron chi connectivity index (χ2n) is 5.99. The van der Waals surface area contributed by atoms with Gasteiger partial charge in [-0.3, -0.25) is 9.59 Å². The van der Waals surface area contributed by atoms with Crippen LogP contribution in [0.1, 0.15) is 52.4 Å². The van der Waals surface area contributed by atoms with Crippen LogP contribution < -0.4 is 11.1 Å². The Bertz CT molecular complexity index is 321. The van der Waals surface area contributed by atoms with Crippen LogP contribution in [0.4, 0.5) is 0 Å². The number of nitrogens with two attached hydrogens (primary N) is 1. The number of amides is 1. The first-order valence-corrected chi connectivity index (χ1v) is 7.16. The third kappa shape index (κ3) is 4.20. The topological polar surface area (TPSA) is 92.4 Å². The Labute approximate surface area is 114 Å². The van der Waals surface area contributed by atoms with Crippen molar-refractivity contribution < 1.29 is 14.7 Å². The Balaban J connectivity index is 2.64. The molecule has 5 heteroatoms. The van der Waals surface area contributed by atoms with Crippen LogP contribution in [-0.4, -0.2) is 29.6 Å². The normalized spacial score (nSPS) is 20.6. The van der Waals surface area contributed by atoms with E-state index in [2.05, 4.69) is 5.32 Å².